The summed E-state index contributed by atoms with van der Waals surface area (Å²) in [6.07, 6.45) is 1.88. The standard InChI is InChI=1S/C20H15ClN4O2/c21-17-7-2-1-6-16(17)19-24-23-18(27-19)12-25(15-8-9-15)20(26)14-5-3-4-13(10-14)11-22/h1-7,10,15H,8-9,12H2. The molecule has 1 saturated carbocycles. The number of hydrogen-bond acceptors (Lipinski definition) is 5. The van der Waals surface area contributed by atoms with Crippen molar-refractivity contribution < 1.29 is 9.21 Å². The quantitative estimate of drug-likeness (QED) is 0.668. The molecule has 3 aromatic rings. The van der Waals surface area contributed by atoms with E-state index in [9.17, 15) is 4.79 Å². The first-order valence-electron chi connectivity index (χ1n) is 8.54. The number of rotatable bonds is 5. The van der Waals surface area contributed by atoms with Gasteiger partial charge in [-0.3, -0.25) is 4.79 Å². The van der Waals surface area contributed by atoms with Gasteiger partial charge in [-0.1, -0.05) is 29.8 Å². The first-order chi connectivity index (χ1) is 13.2. The molecule has 2 aromatic carbocycles. The first kappa shape index (κ1) is 17.3. The van der Waals surface area contributed by atoms with E-state index in [0.29, 0.717) is 33.5 Å². The van der Waals surface area contributed by atoms with Crippen LogP contribution >= 0.6 is 11.6 Å². The van der Waals surface area contributed by atoms with E-state index in [1.165, 1.54) is 0 Å². The number of aromatic nitrogens is 2. The van der Waals surface area contributed by atoms with Crippen LogP contribution in [0.5, 0.6) is 0 Å². The smallest absolute Gasteiger partial charge is 0.254 e. The van der Waals surface area contributed by atoms with Gasteiger partial charge in [-0.05, 0) is 43.2 Å². The molecule has 1 fully saturated rings. The molecule has 0 radical (unpaired) electrons. The Hall–Kier alpha value is -3.17. The van der Waals surface area contributed by atoms with Crippen molar-refractivity contribution in [2.75, 3.05) is 0 Å². The fraction of sp³-hybridized carbons (Fsp3) is 0.200. The molecule has 7 heteroatoms. The van der Waals surface area contributed by atoms with Gasteiger partial charge < -0.3 is 9.32 Å². The highest BCUT2D eigenvalue weighted by molar-refractivity contribution is 6.33. The van der Waals surface area contributed by atoms with Gasteiger partial charge in [0.1, 0.15) is 0 Å². The SMILES string of the molecule is N#Cc1cccc(C(=O)N(Cc2nnc(-c3ccccc3Cl)o2)C2CC2)c1. The number of carbonyl (C=O) groups is 1. The molecule has 0 unspecified atom stereocenters. The maximum atomic E-state index is 12.9. The third kappa shape index (κ3) is 3.69. The lowest BCUT2D eigenvalue weighted by Crippen LogP contribution is -2.32. The monoisotopic (exact) mass is 378 g/mol. The lowest BCUT2D eigenvalue weighted by atomic mass is 10.1. The molecule has 0 atom stereocenters. The summed E-state index contributed by atoms with van der Waals surface area (Å²) in [7, 11) is 0. The number of carbonyl (C=O) groups excluding carboxylic acids is 1. The lowest BCUT2D eigenvalue weighted by Gasteiger charge is -2.20. The summed E-state index contributed by atoms with van der Waals surface area (Å²) in [6, 6.07) is 16.1. The molecular formula is C20H15ClN4O2. The van der Waals surface area contributed by atoms with Gasteiger partial charge in [0.05, 0.1) is 28.8 Å². The highest BCUT2D eigenvalue weighted by Crippen LogP contribution is 2.31. The summed E-state index contributed by atoms with van der Waals surface area (Å²) in [6.45, 7) is 0.220. The van der Waals surface area contributed by atoms with Crippen molar-refractivity contribution in [3.8, 4) is 17.5 Å². The Kier molecular flexibility index (Phi) is 4.61. The van der Waals surface area contributed by atoms with Crippen LogP contribution in [0.3, 0.4) is 0 Å². The number of halogens is 1. The van der Waals surface area contributed by atoms with Gasteiger partial charge in [-0.15, -0.1) is 10.2 Å². The van der Waals surface area contributed by atoms with Gasteiger partial charge in [0.2, 0.25) is 11.8 Å². The molecule has 4 rings (SSSR count). The Labute approximate surface area is 161 Å². The van der Waals surface area contributed by atoms with Crippen LogP contribution in [-0.2, 0) is 6.54 Å². The fourth-order valence-corrected chi connectivity index (χ4v) is 3.06. The fourth-order valence-electron chi connectivity index (χ4n) is 2.85. The molecule has 1 aromatic heterocycles. The summed E-state index contributed by atoms with van der Waals surface area (Å²) < 4.78 is 5.74. The largest absolute Gasteiger partial charge is 0.419 e. The van der Waals surface area contributed by atoms with E-state index in [1.807, 2.05) is 12.1 Å². The van der Waals surface area contributed by atoms with Crippen LogP contribution in [0.1, 0.15) is 34.7 Å². The van der Waals surface area contributed by atoms with Crippen molar-refractivity contribution in [1.29, 1.82) is 5.26 Å². The normalized spacial score (nSPS) is 13.2. The second-order valence-electron chi connectivity index (χ2n) is 6.34. The highest BCUT2D eigenvalue weighted by Gasteiger charge is 2.34. The van der Waals surface area contributed by atoms with Crippen molar-refractivity contribution >= 4 is 17.5 Å². The summed E-state index contributed by atoms with van der Waals surface area (Å²) in [4.78, 5) is 14.7. The van der Waals surface area contributed by atoms with Gasteiger partial charge in [-0.25, -0.2) is 0 Å². The van der Waals surface area contributed by atoms with Gasteiger partial charge in [0, 0.05) is 11.6 Å². The Morgan fingerprint density at radius 1 is 1.22 bits per heavy atom. The maximum absolute atomic E-state index is 12.9. The Balaban J connectivity index is 1.57. The topological polar surface area (TPSA) is 83.0 Å². The first-order valence-corrected chi connectivity index (χ1v) is 8.92. The number of hydrogen-bond donors (Lipinski definition) is 0. The van der Waals surface area contributed by atoms with Gasteiger partial charge in [0.15, 0.2) is 0 Å². The average Bonchev–Trinajstić information content (AvgIpc) is 3.44. The third-order valence-corrected chi connectivity index (χ3v) is 4.69. The summed E-state index contributed by atoms with van der Waals surface area (Å²) >= 11 is 6.17. The highest BCUT2D eigenvalue weighted by atomic mass is 35.5. The number of benzene rings is 2. The van der Waals surface area contributed by atoms with E-state index in [1.54, 1.807) is 41.3 Å². The molecular weight excluding hydrogens is 364 g/mol. The third-order valence-electron chi connectivity index (χ3n) is 4.36. The molecule has 1 amide bonds. The zero-order chi connectivity index (χ0) is 18.8. The van der Waals surface area contributed by atoms with Crippen LogP contribution in [0.4, 0.5) is 0 Å². The minimum absolute atomic E-state index is 0.146. The van der Waals surface area contributed by atoms with Crippen molar-refractivity contribution in [2.24, 2.45) is 0 Å². The van der Waals surface area contributed by atoms with Crippen molar-refractivity contribution in [3.63, 3.8) is 0 Å². The zero-order valence-electron chi connectivity index (χ0n) is 14.3. The van der Waals surface area contributed by atoms with Crippen LogP contribution in [0.25, 0.3) is 11.5 Å². The Bertz CT molecular complexity index is 1040. The second kappa shape index (κ2) is 7.22. The van der Waals surface area contributed by atoms with Gasteiger partial charge in [0.25, 0.3) is 5.91 Å². The number of amides is 1. The molecule has 6 nitrogen and oxygen atoms in total. The Morgan fingerprint density at radius 2 is 2.04 bits per heavy atom. The second-order valence-corrected chi connectivity index (χ2v) is 6.74. The summed E-state index contributed by atoms with van der Waals surface area (Å²) in [5.41, 5.74) is 1.59. The van der Waals surface area contributed by atoms with Gasteiger partial charge in [-0.2, -0.15) is 5.26 Å². The predicted octanol–water partition coefficient (Wildman–Crippen LogP) is 4.07. The van der Waals surface area contributed by atoms with Gasteiger partial charge >= 0.3 is 0 Å². The van der Waals surface area contributed by atoms with Crippen LogP contribution in [0.2, 0.25) is 5.02 Å². The van der Waals surface area contributed by atoms with E-state index in [4.69, 9.17) is 21.3 Å². The molecule has 0 aliphatic heterocycles. The van der Waals surface area contributed by atoms with E-state index >= 15 is 0 Å². The average molecular weight is 379 g/mol. The minimum atomic E-state index is -0.146. The minimum Gasteiger partial charge on any atom is -0.419 e. The van der Waals surface area contributed by atoms with Crippen molar-refractivity contribution in [3.05, 3.63) is 70.6 Å². The molecule has 0 bridgehead atoms. The van der Waals surface area contributed by atoms with E-state index in [2.05, 4.69) is 16.3 Å². The van der Waals surface area contributed by atoms with E-state index in [0.717, 1.165) is 12.8 Å². The molecule has 0 N–H and O–H groups in total. The summed E-state index contributed by atoms with van der Waals surface area (Å²) in [5.74, 6) is 0.527. The molecule has 0 spiro atoms. The number of nitriles is 1. The maximum Gasteiger partial charge on any atom is 0.254 e. The molecule has 1 heterocycles. The van der Waals surface area contributed by atoms with Crippen molar-refractivity contribution in [1.82, 2.24) is 15.1 Å². The molecule has 134 valence electrons. The Morgan fingerprint density at radius 3 is 2.78 bits per heavy atom. The van der Waals surface area contributed by atoms with E-state index in [-0.39, 0.29) is 18.5 Å². The van der Waals surface area contributed by atoms with Crippen LogP contribution in [0.15, 0.2) is 52.9 Å². The predicted molar refractivity (Wildman–Crippen MR) is 98.8 cm³/mol. The van der Waals surface area contributed by atoms with Crippen LogP contribution < -0.4 is 0 Å². The molecule has 0 saturated heterocycles. The van der Waals surface area contributed by atoms with Crippen molar-refractivity contribution in [2.45, 2.75) is 25.4 Å². The van der Waals surface area contributed by atoms with Crippen LogP contribution in [-0.4, -0.2) is 27.0 Å². The molecule has 1 aliphatic rings. The molecule has 27 heavy (non-hydrogen) atoms. The lowest BCUT2D eigenvalue weighted by molar-refractivity contribution is 0.0714. The van der Waals surface area contributed by atoms with E-state index < -0.39 is 0 Å². The zero-order valence-corrected chi connectivity index (χ0v) is 15.1. The number of nitrogens with zero attached hydrogens (tertiary/aromatic N) is 4. The summed E-state index contributed by atoms with van der Waals surface area (Å²) in [5, 5.41) is 17.7. The van der Waals surface area contributed by atoms with Crippen LogP contribution in [0, 0.1) is 11.3 Å². The molecule has 1 aliphatic carbocycles.